The number of ether oxygens (including phenoxy) is 1. The zero-order chi connectivity index (χ0) is 17.4. The first kappa shape index (κ1) is 21.7. The molecule has 1 aliphatic heterocycles. The molecular formula is C17H27ClN2O4S. The zero-order valence-corrected chi connectivity index (χ0v) is 16.1. The molecule has 1 heterocycles. The molecule has 142 valence electrons. The van der Waals surface area contributed by atoms with Crippen LogP contribution in [-0.4, -0.2) is 46.8 Å². The number of rotatable bonds is 8. The lowest BCUT2D eigenvalue weighted by Crippen LogP contribution is -2.38. The molecule has 0 aromatic heterocycles. The Balaban J connectivity index is 0.00000312. The average molecular weight is 391 g/mol. The Hall–Kier alpha value is -1.31. The van der Waals surface area contributed by atoms with E-state index in [0.717, 1.165) is 19.6 Å². The first-order chi connectivity index (χ1) is 11.4. The Morgan fingerprint density at radius 1 is 1.32 bits per heavy atom. The van der Waals surface area contributed by atoms with Crippen LogP contribution in [0.3, 0.4) is 0 Å². The first-order valence-corrected chi connectivity index (χ1v) is 10.2. The monoisotopic (exact) mass is 390 g/mol. The molecule has 0 radical (unpaired) electrons. The number of halogens is 1. The van der Waals surface area contributed by atoms with Crippen LogP contribution in [0.1, 0.15) is 25.7 Å². The molecule has 2 rings (SSSR count). The van der Waals surface area contributed by atoms with Gasteiger partial charge in [-0.1, -0.05) is 0 Å². The van der Waals surface area contributed by atoms with Gasteiger partial charge in [-0.3, -0.25) is 4.79 Å². The number of piperidine rings is 1. The molecule has 1 unspecified atom stereocenters. The quantitative estimate of drug-likeness (QED) is 0.661. The van der Waals surface area contributed by atoms with Crippen LogP contribution in [0.15, 0.2) is 29.2 Å². The third kappa shape index (κ3) is 8.07. The number of benzene rings is 1. The summed E-state index contributed by atoms with van der Waals surface area (Å²) in [7, 11) is -3.18. The molecule has 1 amide bonds. The molecule has 0 spiro atoms. The summed E-state index contributed by atoms with van der Waals surface area (Å²) in [6, 6.07) is 6.31. The van der Waals surface area contributed by atoms with E-state index in [1.807, 2.05) is 0 Å². The van der Waals surface area contributed by atoms with Crippen molar-refractivity contribution in [3.05, 3.63) is 24.3 Å². The van der Waals surface area contributed by atoms with E-state index in [9.17, 15) is 13.2 Å². The van der Waals surface area contributed by atoms with Crippen molar-refractivity contribution >= 4 is 28.2 Å². The number of carbonyl (C=O) groups is 1. The average Bonchev–Trinajstić information content (AvgIpc) is 2.57. The third-order valence-electron chi connectivity index (χ3n) is 4.06. The van der Waals surface area contributed by atoms with E-state index in [2.05, 4.69) is 10.6 Å². The van der Waals surface area contributed by atoms with Gasteiger partial charge >= 0.3 is 0 Å². The smallest absolute Gasteiger partial charge is 0.220 e. The summed E-state index contributed by atoms with van der Waals surface area (Å²) in [5.41, 5.74) is 0. The van der Waals surface area contributed by atoms with Crippen LogP contribution in [0.4, 0.5) is 0 Å². The van der Waals surface area contributed by atoms with Crippen LogP contribution < -0.4 is 15.4 Å². The Bertz CT molecular complexity index is 629. The van der Waals surface area contributed by atoms with Gasteiger partial charge < -0.3 is 15.4 Å². The van der Waals surface area contributed by atoms with Crippen molar-refractivity contribution < 1.29 is 17.9 Å². The molecule has 1 fully saturated rings. The van der Waals surface area contributed by atoms with E-state index in [1.165, 1.54) is 31.2 Å². The van der Waals surface area contributed by atoms with Crippen LogP contribution in [-0.2, 0) is 14.6 Å². The largest absolute Gasteiger partial charge is 0.494 e. The molecule has 8 heteroatoms. The summed E-state index contributed by atoms with van der Waals surface area (Å²) in [6.45, 7) is 3.22. The third-order valence-corrected chi connectivity index (χ3v) is 5.18. The molecular weight excluding hydrogens is 364 g/mol. The minimum Gasteiger partial charge on any atom is -0.494 e. The van der Waals surface area contributed by atoms with Crippen LogP contribution in [0.5, 0.6) is 5.75 Å². The maximum absolute atomic E-state index is 11.8. The van der Waals surface area contributed by atoms with Crippen molar-refractivity contribution in [2.45, 2.75) is 30.6 Å². The first-order valence-electron chi connectivity index (χ1n) is 8.35. The second kappa shape index (κ2) is 10.6. The summed E-state index contributed by atoms with van der Waals surface area (Å²) < 4.78 is 28.3. The van der Waals surface area contributed by atoms with Gasteiger partial charge in [-0.05, 0) is 62.5 Å². The van der Waals surface area contributed by atoms with Crippen molar-refractivity contribution in [3.63, 3.8) is 0 Å². The van der Waals surface area contributed by atoms with Crippen molar-refractivity contribution in [1.82, 2.24) is 10.6 Å². The zero-order valence-electron chi connectivity index (χ0n) is 14.5. The lowest BCUT2D eigenvalue weighted by molar-refractivity contribution is -0.121. The highest BCUT2D eigenvalue weighted by Gasteiger charge is 2.13. The Labute approximate surface area is 156 Å². The van der Waals surface area contributed by atoms with E-state index in [0.29, 0.717) is 31.1 Å². The molecule has 1 aromatic carbocycles. The van der Waals surface area contributed by atoms with Gasteiger partial charge in [0.05, 0.1) is 11.5 Å². The van der Waals surface area contributed by atoms with Gasteiger partial charge in [0.2, 0.25) is 5.91 Å². The number of hydrogen-bond donors (Lipinski definition) is 2. The highest BCUT2D eigenvalue weighted by Crippen LogP contribution is 2.16. The fourth-order valence-electron chi connectivity index (χ4n) is 2.65. The predicted molar refractivity (Wildman–Crippen MR) is 100 cm³/mol. The normalized spacial score (nSPS) is 17.4. The van der Waals surface area contributed by atoms with Gasteiger partial charge in [-0.25, -0.2) is 8.42 Å². The lowest BCUT2D eigenvalue weighted by Gasteiger charge is -2.22. The van der Waals surface area contributed by atoms with Crippen molar-refractivity contribution in [2.24, 2.45) is 5.92 Å². The van der Waals surface area contributed by atoms with Gasteiger partial charge in [0, 0.05) is 19.2 Å². The summed E-state index contributed by atoms with van der Waals surface area (Å²) in [5, 5.41) is 6.31. The molecule has 2 N–H and O–H groups in total. The molecule has 1 saturated heterocycles. The summed E-state index contributed by atoms with van der Waals surface area (Å²) >= 11 is 0. The number of sulfone groups is 1. The molecule has 25 heavy (non-hydrogen) atoms. The van der Waals surface area contributed by atoms with E-state index in [4.69, 9.17) is 4.74 Å². The van der Waals surface area contributed by atoms with Gasteiger partial charge in [-0.2, -0.15) is 0 Å². The second-order valence-electron chi connectivity index (χ2n) is 6.21. The van der Waals surface area contributed by atoms with Crippen LogP contribution >= 0.6 is 12.4 Å². The fraction of sp³-hybridized carbons (Fsp3) is 0.588. The maximum Gasteiger partial charge on any atom is 0.220 e. The minimum absolute atomic E-state index is 0. The standard InChI is InChI=1S/C17H26N2O4S.ClH/c1-24(21,22)16-8-6-15(7-9-16)23-11-3-5-17(20)19-13-14-4-2-10-18-12-14;/h6-9,14,18H,2-5,10-13H2,1H3,(H,19,20);1H. The van der Waals surface area contributed by atoms with Crippen LogP contribution in [0.25, 0.3) is 0 Å². The number of carbonyl (C=O) groups excluding carboxylic acids is 1. The van der Waals surface area contributed by atoms with E-state index in [-0.39, 0.29) is 23.2 Å². The number of hydrogen-bond acceptors (Lipinski definition) is 5. The molecule has 1 atom stereocenters. The number of nitrogens with one attached hydrogen (secondary N) is 2. The summed E-state index contributed by atoms with van der Waals surface area (Å²) in [6.07, 6.45) is 4.57. The van der Waals surface area contributed by atoms with Gasteiger partial charge in [-0.15, -0.1) is 12.4 Å². The molecule has 1 aromatic rings. The highest BCUT2D eigenvalue weighted by molar-refractivity contribution is 7.90. The highest BCUT2D eigenvalue weighted by atomic mass is 35.5. The van der Waals surface area contributed by atoms with Crippen molar-refractivity contribution in [2.75, 3.05) is 32.5 Å². The fourth-order valence-corrected chi connectivity index (χ4v) is 3.28. The van der Waals surface area contributed by atoms with Crippen LogP contribution in [0, 0.1) is 5.92 Å². The molecule has 0 bridgehead atoms. The Morgan fingerprint density at radius 2 is 2.04 bits per heavy atom. The van der Waals surface area contributed by atoms with E-state index >= 15 is 0 Å². The second-order valence-corrected chi connectivity index (χ2v) is 8.23. The maximum atomic E-state index is 11.8. The molecule has 1 aliphatic rings. The van der Waals surface area contributed by atoms with Crippen LogP contribution in [0.2, 0.25) is 0 Å². The predicted octanol–water partition coefficient (Wildman–Crippen LogP) is 1.79. The Kier molecular flexibility index (Phi) is 9.24. The Morgan fingerprint density at radius 3 is 2.64 bits per heavy atom. The van der Waals surface area contributed by atoms with Gasteiger partial charge in [0.15, 0.2) is 9.84 Å². The molecule has 6 nitrogen and oxygen atoms in total. The summed E-state index contributed by atoms with van der Waals surface area (Å²) in [5.74, 6) is 1.19. The minimum atomic E-state index is -3.18. The van der Waals surface area contributed by atoms with Crippen molar-refractivity contribution in [1.29, 1.82) is 0 Å². The topological polar surface area (TPSA) is 84.5 Å². The molecule has 0 saturated carbocycles. The van der Waals surface area contributed by atoms with Gasteiger partial charge in [0.25, 0.3) is 0 Å². The SMILES string of the molecule is CS(=O)(=O)c1ccc(OCCCC(=O)NCC2CCCNC2)cc1.Cl. The summed E-state index contributed by atoms with van der Waals surface area (Å²) in [4.78, 5) is 12.1. The van der Waals surface area contributed by atoms with E-state index in [1.54, 1.807) is 12.1 Å². The number of amides is 1. The lowest BCUT2D eigenvalue weighted by atomic mass is 10.00. The van der Waals surface area contributed by atoms with Gasteiger partial charge in [0.1, 0.15) is 5.75 Å². The van der Waals surface area contributed by atoms with Crippen molar-refractivity contribution in [3.8, 4) is 5.75 Å². The molecule has 0 aliphatic carbocycles. The van der Waals surface area contributed by atoms with E-state index < -0.39 is 9.84 Å².